The molecule has 21 heavy (non-hydrogen) atoms. The normalized spacial score (nSPS) is 19.2. The van der Waals surface area contributed by atoms with Crippen molar-refractivity contribution < 1.29 is 8.42 Å². The Hall–Kier alpha value is -0.290. The van der Waals surface area contributed by atoms with Crippen molar-refractivity contribution in [2.75, 3.05) is 13.1 Å². The smallest absolute Gasteiger partial charge is 0.207 e. The third-order valence-electron chi connectivity index (χ3n) is 4.12. The van der Waals surface area contributed by atoms with Gasteiger partial charge in [-0.25, -0.2) is 8.42 Å². The SMILES string of the molecule is O=S(=O)(c1ccc(Cl)c(CCl)c1)N(CC1CC1)CC1CC1. The summed E-state index contributed by atoms with van der Waals surface area (Å²) >= 11 is 11.9. The topological polar surface area (TPSA) is 37.4 Å². The number of sulfonamides is 1. The number of alkyl halides is 1. The first-order valence-corrected chi connectivity index (χ1v) is 9.70. The predicted octanol–water partition coefficient (Wildman–Crippen LogP) is 3.89. The van der Waals surface area contributed by atoms with Crippen LogP contribution in [0.5, 0.6) is 0 Å². The van der Waals surface area contributed by atoms with E-state index in [2.05, 4.69) is 0 Å². The Morgan fingerprint density at radius 3 is 2.14 bits per heavy atom. The van der Waals surface area contributed by atoms with Crippen molar-refractivity contribution in [3.63, 3.8) is 0 Å². The van der Waals surface area contributed by atoms with Crippen LogP contribution in [0.25, 0.3) is 0 Å². The third kappa shape index (κ3) is 3.73. The van der Waals surface area contributed by atoms with Crippen LogP contribution < -0.4 is 0 Å². The summed E-state index contributed by atoms with van der Waals surface area (Å²) in [6, 6.07) is 4.82. The van der Waals surface area contributed by atoms with Crippen LogP contribution in [-0.2, 0) is 15.9 Å². The van der Waals surface area contributed by atoms with E-state index in [0.717, 1.165) is 25.7 Å². The average molecular weight is 348 g/mol. The van der Waals surface area contributed by atoms with Crippen LogP contribution in [0.1, 0.15) is 31.2 Å². The number of rotatable bonds is 7. The number of hydrogen-bond donors (Lipinski definition) is 0. The Morgan fingerprint density at radius 2 is 1.67 bits per heavy atom. The summed E-state index contributed by atoms with van der Waals surface area (Å²) in [6.07, 6.45) is 4.57. The van der Waals surface area contributed by atoms with Gasteiger partial charge in [-0.15, -0.1) is 11.6 Å². The van der Waals surface area contributed by atoms with Crippen LogP contribution in [0.2, 0.25) is 5.02 Å². The first-order chi connectivity index (χ1) is 10.0. The van der Waals surface area contributed by atoms with Crippen LogP contribution in [0, 0.1) is 11.8 Å². The van der Waals surface area contributed by atoms with Crippen molar-refractivity contribution in [3.05, 3.63) is 28.8 Å². The maximum absolute atomic E-state index is 12.9. The van der Waals surface area contributed by atoms with E-state index >= 15 is 0 Å². The molecule has 3 rings (SSSR count). The third-order valence-corrected chi connectivity index (χ3v) is 6.60. The van der Waals surface area contributed by atoms with E-state index in [1.54, 1.807) is 22.5 Å². The molecule has 0 heterocycles. The molecular formula is C15H19Cl2NO2S. The summed E-state index contributed by atoms with van der Waals surface area (Å²) in [6.45, 7) is 1.30. The lowest BCUT2D eigenvalue weighted by Crippen LogP contribution is -2.34. The summed E-state index contributed by atoms with van der Waals surface area (Å²) in [5.74, 6) is 1.30. The van der Waals surface area contributed by atoms with E-state index in [0.29, 0.717) is 40.4 Å². The first kappa shape index (κ1) is 15.6. The largest absolute Gasteiger partial charge is 0.243 e. The molecule has 2 aliphatic rings. The molecule has 3 nitrogen and oxygen atoms in total. The molecular weight excluding hydrogens is 329 g/mol. The zero-order valence-corrected chi connectivity index (χ0v) is 14.1. The Kier molecular flexibility index (Phi) is 4.51. The molecule has 1 aromatic carbocycles. The highest BCUT2D eigenvalue weighted by atomic mass is 35.5. The Balaban J connectivity index is 1.87. The van der Waals surface area contributed by atoms with Gasteiger partial charge in [-0.3, -0.25) is 0 Å². The molecule has 1 aromatic rings. The molecule has 2 aliphatic carbocycles. The summed E-state index contributed by atoms with van der Waals surface area (Å²) in [7, 11) is -3.44. The van der Waals surface area contributed by atoms with Crippen molar-refractivity contribution >= 4 is 33.2 Å². The lowest BCUT2D eigenvalue weighted by Gasteiger charge is -2.22. The van der Waals surface area contributed by atoms with Crippen molar-refractivity contribution in [3.8, 4) is 0 Å². The molecule has 0 spiro atoms. The Morgan fingerprint density at radius 1 is 1.10 bits per heavy atom. The fraction of sp³-hybridized carbons (Fsp3) is 0.600. The molecule has 0 N–H and O–H groups in total. The summed E-state index contributed by atoms with van der Waals surface area (Å²) in [5.41, 5.74) is 0.664. The van der Waals surface area contributed by atoms with Crippen LogP contribution in [0.4, 0.5) is 0 Å². The van der Waals surface area contributed by atoms with Gasteiger partial charge in [0.2, 0.25) is 10.0 Å². The second-order valence-electron chi connectivity index (χ2n) is 6.10. The molecule has 0 aromatic heterocycles. The van der Waals surface area contributed by atoms with Gasteiger partial charge in [-0.05, 0) is 61.3 Å². The highest BCUT2D eigenvalue weighted by Crippen LogP contribution is 2.36. The Labute approximate surface area is 136 Å². The summed E-state index contributed by atoms with van der Waals surface area (Å²) in [4.78, 5) is 0.309. The van der Waals surface area contributed by atoms with Crippen molar-refractivity contribution in [2.45, 2.75) is 36.5 Å². The minimum Gasteiger partial charge on any atom is -0.207 e. The van der Waals surface area contributed by atoms with Gasteiger partial charge in [0.05, 0.1) is 4.90 Å². The van der Waals surface area contributed by atoms with E-state index in [9.17, 15) is 8.42 Å². The van der Waals surface area contributed by atoms with Crippen molar-refractivity contribution in [2.24, 2.45) is 11.8 Å². The summed E-state index contributed by atoms with van der Waals surface area (Å²) < 4.78 is 27.4. The fourth-order valence-electron chi connectivity index (χ4n) is 2.41. The highest BCUT2D eigenvalue weighted by Gasteiger charge is 2.35. The maximum Gasteiger partial charge on any atom is 0.243 e. The average Bonchev–Trinajstić information content (AvgIpc) is 3.33. The van der Waals surface area contributed by atoms with Crippen LogP contribution >= 0.6 is 23.2 Å². The first-order valence-electron chi connectivity index (χ1n) is 7.35. The Bertz CT molecular complexity index is 611. The predicted molar refractivity (Wildman–Crippen MR) is 85.2 cm³/mol. The van der Waals surface area contributed by atoms with Gasteiger partial charge in [-0.2, -0.15) is 4.31 Å². The van der Waals surface area contributed by atoms with E-state index in [1.807, 2.05) is 0 Å². The molecule has 0 saturated heterocycles. The number of hydrogen-bond acceptors (Lipinski definition) is 2. The van der Waals surface area contributed by atoms with Crippen molar-refractivity contribution in [1.29, 1.82) is 0 Å². The maximum atomic E-state index is 12.9. The van der Waals surface area contributed by atoms with Gasteiger partial charge in [0.15, 0.2) is 0 Å². The molecule has 0 aliphatic heterocycles. The van der Waals surface area contributed by atoms with Crippen LogP contribution in [0.3, 0.4) is 0 Å². The quantitative estimate of drug-likeness (QED) is 0.701. The number of halogens is 2. The standard InChI is InChI=1S/C15H19Cl2NO2S/c16-8-13-7-14(5-6-15(13)17)21(19,20)18(9-11-1-2-11)10-12-3-4-12/h5-7,11-12H,1-4,8-10H2. The molecule has 116 valence electrons. The monoisotopic (exact) mass is 347 g/mol. The van der Waals surface area contributed by atoms with E-state index < -0.39 is 10.0 Å². The molecule has 6 heteroatoms. The minimum atomic E-state index is -3.44. The molecule has 2 saturated carbocycles. The highest BCUT2D eigenvalue weighted by molar-refractivity contribution is 7.89. The second kappa shape index (κ2) is 6.07. The van der Waals surface area contributed by atoms with E-state index in [4.69, 9.17) is 23.2 Å². The van der Waals surface area contributed by atoms with Crippen LogP contribution in [0.15, 0.2) is 23.1 Å². The minimum absolute atomic E-state index is 0.216. The molecule has 2 fully saturated rings. The van der Waals surface area contributed by atoms with Crippen molar-refractivity contribution in [1.82, 2.24) is 4.31 Å². The van der Waals surface area contributed by atoms with Gasteiger partial charge in [0.25, 0.3) is 0 Å². The van der Waals surface area contributed by atoms with Gasteiger partial charge in [-0.1, -0.05) is 11.6 Å². The molecule has 0 bridgehead atoms. The summed E-state index contributed by atoms with van der Waals surface area (Å²) in [5, 5.41) is 0.514. The van der Waals surface area contributed by atoms with E-state index in [1.165, 1.54) is 0 Å². The number of benzene rings is 1. The second-order valence-corrected chi connectivity index (χ2v) is 8.71. The molecule has 0 radical (unpaired) electrons. The lowest BCUT2D eigenvalue weighted by atomic mass is 10.2. The zero-order valence-electron chi connectivity index (χ0n) is 11.8. The molecule has 0 unspecified atom stereocenters. The van der Waals surface area contributed by atoms with E-state index in [-0.39, 0.29) is 5.88 Å². The van der Waals surface area contributed by atoms with Gasteiger partial charge in [0, 0.05) is 24.0 Å². The molecule has 0 atom stereocenters. The van der Waals surface area contributed by atoms with Gasteiger partial charge < -0.3 is 0 Å². The lowest BCUT2D eigenvalue weighted by molar-refractivity contribution is 0.382. The van der Waals surface area contributed by atoms with Gasteiger partial charge >= 0.3 is 0 Å². The van der Waals surface area contributed by atoms with Gasteiger partial charge in [0.1, 0.15) is 0 Å². The fourth-order valence-corrected chi connectivity index (χ4v) is 4.53. The van der Waals surface area contributed by atoms with Crippen LogP contribution in [-0.4, -0.2) is 25.8 Å². The zero-order chi connectivity index (χ0) is 15.0. The molecule has 0 amide bonds. The number of nitrogens with zero attached hydrogens (tertiary/aromatic N) is 1.